The Balaban J connectivity index is 2.11. The summed E-state index contributed by atoms with van der Waals surface area (Å²) in [6, 6.07) is 9.16. The van der Waals surface area contributed by atoms with E-state index in [9.17, 15) is 0 Å². The molecular weight excluding hydrogens is 270 g/mol. The van der Waals surface area contributed by atoms with Crippen LogP contribution < -0.4 is 5.32 Å². The predicted octanol–water partition coefficient (Wildman–Crippen LogP) is 4.91. The first kappa shape index (κ1) is 14.9. The maximum atomic E-state index is 3.80. The lowest BCUT2D eigenvalue weighted by Crippen LogP contribution is -2.41. The summed E-state index contributed by atoms with van der Waals surface area (Å²) < 4.78 is 0. The molecule has 2 rings (SSSR count). The molecule has 0 bridgehead atoms. The number of benzene rings is 1. The Morgan fingerprint density at radius 3 is 3.00 bits per heavy atom. The van der Waals surface area contributed by atoms with Gasteiger partial charge in [0.1, 0.15) is 0 Å². The van der Waals surface area contributed by atoms with Crippen LogP contribution in [0.2, 0.25) is 0 Å². The predicted molar refractivity (Wildman–Crippen MR) is 90.5 cm³/mol. The topological polar surface area (TPSA) is 12.0 Å². The molecule has 1 aliphatic heterocycles. The first-order chi connectivity index (χ1) is 9.13. The van der Waals surface area contributed by atoms with Crippen molar-refractivity contribution in [2.75, 3.05) is 22.6 Å². The molecule has 1 heterocycles. The van der Waals surface area contributed by atoms with E-state index in [1.165, 1.54) is 28.5 Å². The zero-order chi connectivity index (χ0) is 13.7. The molecule has 104 valence electrons. The fourth-order valence-corrected chi connectivity index (χ4v) is 4.58. The fourth-order valence-electron chi connectivity index (χ4n) is 2.22. The quantitative estimate of drug-likeness (QED) is 0.612. The molecule has 3 heteroatoms. The molecule has 0 spiro atoms. The molecule has 19 heavy (non-hydrogen) atoms. The van der Waals surface area contributed by atoms with E-state index in [1.807, 2.05) is 17.8 Å². The van der Waals surface area contributed by atoms with Crippen LogP contribution in [0.15, 0.2) is 41.8 Å². The summed E-state index contributed by atoms with van der Waals surface area (Å²) in [5.41, 5.74) is 1.65. The number of nitrogens with one attached hydrogen (secondary N) is 1. The Morgan fingerprint density at radius 1 is 1.47 bits per heavy atom. The summed E-state index contributed by atoms with van der Waals surface area (Å²) in [5, 5.41) is 3.77. The maximum Gasteiger partial charge on any atom is 0.0481 e. The summed E-state index contributed by atoms with van der Waals surface area (Å²) in [6.45, 7) is 8.56. The SMILES string of the molecule is C=CCSc1ccccc1NC1CSCCC1(C)C. The van der Waals surface area contributed by atoms with Crippen LogP contribution in [0.1, 0.15) is 20.3 Å². The Hall–Kier alpha value is -0.540. The molecule has 0 aliphatic carbocycles. The van der Waals surface area contributed by atoms with Gasteiger partial charge in [-0.15, -0.1) is 18.3 Å². The van der Waals surface area contributed by atoms with Crippen molar-refractivity contribution >= 4 is 29.2 Å². The molecule has 1 unspecified atom stereocenters. The lowest BCUT2D eigenvalue weighted by atomic mass is 9.82. The molecule has 0 amide bonds. The van der Waals surface area contributed by atoms with Crippen molar-refractivity contribution in [2.45, 2.75) is 31.2 Å². The molecule has 1 fully saturated rings. The van der Waals surface area contributed by atoms with E-state index in [-0.39, 0.29) is 0 Å². The number of anilines is 1. The second-order valence-electron chi connectivity index (χ2n) is 5.61. The highest BCUT2D eigenvalue weighted by Crippen LogP contribution is 2.37. The van der Waals surface area contributed by atoms with Gasteiger partial charge in [-0.3, -0.25) is 0 Å². The maximum absolute atomic E-state index is 3.80. The summed E-state index contributed by atoms with van der Waals surface area (Å²) in [6.07, 6.45) is 3.25. The fraction of sp³-hybridized carbons (Fsp3) is 0.500. The smallest absolute Gasteiger partial charge is 0.0481 e. The van der Waals surface area contributed by atoms with Gasteiger partial charge in [0.15, 0.2) is 0 Å². The van der Waals surface area contributed by atoms with E-state index >= 15 is 0 Å². The minimum absolute atomic E-state index is 0.376. The third-order valence-electron chi connectivity index (χ3n) is 3.69. The van der Waals surface area contributed by atoms with Gasteiger partial charge in [-0.05, 0) is 29.7 Å². The standard InChI is InChI=1S/C16H23NS2/c1-4-10-19-14-8-6-5-7-13(14)17-15-12-18-11-9-16(15,2)3/h4-8,15,17H,1,9-12H2,2-3H3. The van der Waals surface area contributed by atoms with Crippen molar-refractivity contribution in [2.24, 2.45) is 5.41 Å². The third-order valence-corrected chi connectivity index (χ3v) is 5.82. The van der Waals surface area contributed by atoms with E-state index in [4.69, 9.17) is 0 Å². The summed E-state index contributed by atoms with van der Waals surface area (Å²) >= 11 is 3.91. The zero-order valence-electron chi connectivity index (χ0n) is 11.8. The van der Waals surface area contributed by atoms with E-state index in [1.54, 1.807) is 0 Å². The molecule has 0 saturated carbocycles. The van der Waals surface area contributed by atoms with Crippen molar-refractivity contribution < 1.29 is 0 Å². The van der Waals surface area contributed by atoms with Crippen LogP contribution in [0.25, 0.3) is 0 Å². The normalized spacial score (nSPS) is 21.9. The highest BCUT2D eigenvalue weighted by Gasteiger charge is 2.32. The molecule has 1 nitrogen and oxygen atoms in total. The molecule has 1 aliphatic rings. The number of rotatable bonds is 5. The van der Waals surface area contributed by atoms with Gasteiger partial charge in [0, 0.05) is 28.1 Å². The van der Waals surface area contributed by atoms with Crippen LogP contribution in [0.3, 0.4) is 0 Å². The minimum Gasteiger partial charge on any atom is -0.380 e. The average molecular weight is 294 g/mol. The van der Waals surface area contributed by atoms with Crippen LogP contribution >= 0.6 is 23.5 Å². The molecular formula is C16H23NS2. The van der Waals surface area contributed by atoms with Crippen molar-refractivity contribution in [1.29, 1.82) is 0 Å². The number of hydrogen-bond acceptors (Lipinski definition) is 3. The van der Waals surface area contributed by atoms with Gasteiger partial charge in [-0.25, -0.2) is 0 Å². The van der Waals surface area contributed by atoms with Crippen molar-refractivity contribution in [3.8, 4) is 0 Å². The average Bonchev–Trinajstić information content (AvgIpc) is 2.40. The van der Waals surface area contributed by atoms with E-state index in [0.717, 1.165) is 5.75 Å². The van der Waals surface area contributed by atoms with Gasteiger partial charge in [0.05, 0.1) is 0 Å². The van der Waals surface area contributed by atoms with Crippen LogP contribution in [0.5, 0.6) is 0 Å². The van der Waals surface area contributed by atoms with Gasteiger partial charge < -0.3 is 5.32 Å². The van der Waals surface area contributed by atoms with Gasteiger partial charge >= 0.3 is 0 Å². The van der Waals surface area contributed by atoms with Crippen LogP contribution in [-0.4, -0.2) is 23.3 Å². The Morgan fingerprint density at radius 2 is 2.26 bits per heavy atom. The van der Waals surface area contributed by atoms with E-state index in [0.29, 0.717) is 11.5 Å². The molecule has 1 atom stereocenters. The number of hydrogen-bond donors (Lipinski definition) is 1. The summed E-state index contributed by atoms with van der Waals surface area (Å²) in [5.74, 6) is 3.45. The van der Waals surface area contributed by atoms with E-state index < -0.39 is 0 Å². The van der Waals surface area contributed by atoms with Gasteiger partial charge in [-0.2, -0.15) is 11.8 Å². The van der Waals surface area contributed by atoms with Crippen LogP contribution in [-0.2, 0) is 0 Å². The Kier molecular flexibility index (Phi) is 5.28. The first-order valence-corrected chi connectivity index (χ1v) is 8.94. The summed E-state index contributed by atoms with van der Waals surface area (Å²) in [7, 11) is 0. The molecule has 1 aromatic rings. The second kappa shape index (κ2) is 6.76. The lowest BCUT2D eigenvalue weighted by molar-refractivity contribution is 0.305. The minimum atomic E-state index is 0.376. The highest BCUT2D eigenvalue weighted by atomic mass is 32.2. The molecule has 0 radical (unpaired) electrons. The van der Waals surface area contributed by atoms with Gasteiger partial charge in [0.2, 0.25) is 0 Å². The van der Waals surface area contributed by atoms with Gasteiger partial charge in [0.25, 0.3) is 0 Å². The van der Waals surface area contributed by atoms with Crippen LogP contribution in [0.4, 0.5) is 5.69 Å². The van der Waals surface area contributed by atoms with Crippen molar-refractivity contribution in [3.63, 3.8) is 0 Å². The lowest BCUT2D eigenvalue weighted by Gasteiger charge is -2.39. The second-order valence-corrected chi connectivity index (χ2v) is 7.82. The number of para-hydroxylation sites is 1. The highest BCUT2D eigenvalue weighted by molar-refractivity contribution is 7.99. The molecule has 1 saturated heterocycles. The summed E-state index contributed by atoms with van der Waals surface area (Å²) in [4.78, 5) is 1.33. The van der Waals surface area contributed by atoms with Crippen LogP contribution in [0, 0.1) is 5.41 Å². The zero-order valence-corrected chi connectivity index (χ0v) is 13.4. The van der Waals surface area contributed by atoms with E-state index in [2.05, 4.69) is 61.8 Å². The molecule has 0 aromatic heterocycles. The molecule has 1 aromatic carbocycles. The third kappa shape index (κ3) is 3.96. The monoisotopic (exact) mass is 293 g/mol. The van der Waals surface area contributed by atoms with Gasteiger partial charge in [-0.1, -0.05) is 32.1 Å². The largest absolute Gasteiger partial charge is 0.380 e. The first-order valence-electron chi connectivity index (χ1n) is 6.80. The van der Waals surface area contributed by atoms with Crippen molar-refractivity contribution in [3.05, 3.63) is 36.9 Å². The Bertz CT molecular complexity index is 429. The van der Waals surface area contributed by atoms with Crippen molar-refractivity contribution in [1.82, 2.24) is 0 Å². The number of thioether (sulfide) groups is 2. The molecule has 1 N–H and O–H groups in total. The Labute approximate surface area is 125 Å².